The van der Waals surface area contributed by atoms with Crippen molar-refractivity contribution in [1.29, 1.82) is 0 Å². The molecule has 3 aromatic carbocycles. The van der Waals surface area contributed by atoms with E-state index in [9.17, 15) is 48.9 Å². The minimum Gasteiger partial charge on any atom is -0.508 e. The number of ether oxygens (including phenoxy) is 1. The first kappa shape index (κ1) is 27.0. The first-order valence-electron chi connectivity index (χ1n) is 12.1. The first-order valence-corrected chi connectivity index (χ1v) is 12.1. The highest BCUT2D eigenvalue weighted by molar-refractivity contribution is 6.34. The molecule has 0 aliphatic carbocycles. The fourth-order valence-electron chi connectivity index (χ4n) is 5.20. The topological polar surface area (TPSA) is 196 Å². The van der Waals surface area contributed by atoms with E-state index in [4.69, 9.17) is 0 Å². The third-order valence-electron chi connectivity index (χ3n) is 7.07. The summed E-state index contributed by atoms with van der Waals surface area (Å²) >= 11 is 0. The number of amides is 4. The second-order valence-electron chi connectivity index (χ2n) is 9.39. The minimum absolute atomic E-state index is 0.0331. The zero-order chi connectivity index (χ0) is 29.7. The van der Waals surface area contributed by atoms with Crippen molar-refractivity contribution >= 4 is 52.3 Å². The van der Waals surface area contributed by atoms with E-state index in [1.54, 1.807) is 0 Å². The molecule has 13 nitrogen and oxygen atoms in total. The molecule has 41 heavy (non-hydrogen) atoms. The number of rotatable bonds is 8. The number of nitrogens with zero attached hydrogens (tertiary/aromatic N) is 2. The van der Waals surface area contributed by atoms with E-state index in [2.05, 4.69) is 4.74 Å². The Balaban J connectivity index is 1.62. The number of methoxy groups -OCH3 is 1. The van der Waals surface area contributed by atoms with Gasteiger partial charge in [-0.3, -0.25) is 33.8 Å². The van der Waals surface area contributed by atoms with Crippen molar-refractivity contribution in [2.45, 2.75) is 24.9 Å². The quantitative estimate of drug-likeness (QED) is 0.266. The van der Waals surface area contributed by atoms with Gasteiger partial charge in [-0.25, -0.2) is 9.59 Å². The van der Waals surface area contributed by atoms with Crippen LogP contribution in [0.25, 0.3) is 10.8 Å². The maximum atomic E-state index is 13.6. The van der Waals surface area contributed by atoms with Crippen molar-refractivity contribution in [1.82, 2.24) is 9.80 Å². The predicted molar refractivity (Wildman–Crippen MR) is 136 cm³/mol. The Morgan fingerprint density at radius 2 is 1.12 bits per heavy atom. The van der Waals surface area contributed by atoms with Gasteiger partial charge in [0.2, 0.25) is 0 Å². The van der Waals surface area contributed by atoms with Gasteiger partial charge in [-0.1, -0.05) is 12.1 Å². The molecule has 0 saturated heterocycles. The van der Waals surface area contributed by atoms with Crippen LogP contribution in [0.5, 0.6) is 5.75 Å². The smallest absolute Gasteiger partial charge is 0.329 e. The number of phenolic OH excluding ortho intramolecular Hbond substituents is 1. The summed E-state index contributed by atoms with van der Waals surface area (Å²) in [6, 6.07) is 7.01. The highest BCUT2D eigenvalue weighted by Crippen LogP contribution is 2.39. The van der Waals surface area contributed by atoms with Crippen molar-refractivity contribution in [3.05, 3.63) is 76.3 Å². The lowest BCUT2D eigenvalue weighted by Gasteiger charge is -2.35. The van der Waals surface area contributed by atoms with Crippen LogP contribution < -0.4 is 0 Å². The number of aliphatic carboxylic acids is 2. The van der Waals surface area contributed by atoms with Crippen LogP contribution in [0.15, 0.2) is 48.5 Å². The summed E-state index contributed by atoms with van der Waals surface area (Å²) in [5, 5.41) is 28.7. The van der Waals surface area contributed by atoms with Crippen molar-refractivity contribution < 1.29 is 53.6 Å². The van der Waals surface area contributed by atoms with E-state index >= 15 is 0 Å². The number of carboxylic acids is 2. The molecule has 13 heteroatoms. The Hall–Kier alpha value is -5.59. The van der Waals surface area contributed by atoms with Gasteiger partial charge in [0.15, 0.2) is 0 Å². The zero-order valence-electron chi connectivity index (χ0n) is 21.2. The molecule has 0 radical (unpaired) electrons. The van der Waals surface area contributed by atoms with E-state index in [0.717, 1.165) is 7.11 Å². The van der Waals surface area contributed by atoms with E-state index in [0.29, 0.717) is 15.4 Å². The summed E-state index contributed by atoms with van der Waals surface area (Å²) < 4.78 is 4.62. The van der Waals surface area contributed by atoms with Crippen molar-refractivity contribution in [3.63, 3.8) is 0 Å². The molecule has 0 spiro atoms. The Morgan fingerprint density at radius 3 is 1.49 bits per heavy atom. The SMILES string of the molecule is COC(=O)[C@H](CC(=O)O)N1C(=O)c2ccc3c4c(ccc(c24)C1=O)C(=O)N([C@@H](Cc1ccc(O)cc1)C(=O)O)C3=O. The van der Waals surface area contributed by atoms with Gasteiger partial charge in [0, 0.05) is 39.4 Å². The van der Waals surface area contributed by atoms with Gasteiger partial charge in [-0.15, -0.1) is 0 Å². The van der Waals surface area contributed by atoms with Crippen LogP contribution in [-0.4, -0.2) is 85.8 Å². The average molecular weight is 560 g/mol. The van der Waals surface area contributed by atoms with E-state index < -0.39 is 60.0 Å². The van der Waals surface area contributed by atoms with Crippen LogP contribution in [-0.2, 0) is 25.5 Å². The number of esters is 1. The summed E-state index contributed by atoms with van der Waals surface area (Å²) in [5.41, 5.74) is -0.132. The monoisotopic (exact) mass is 560 g/mol. The van der Waals surface area contributed by atoms with Gasteiger partial charge in [0.05, 0.1) is 13.5 Å². The maximum Gasteiger partial charge on any atom is 0.329 e. The molecule has 0 bridgehead atoms. The average Bonchev–Trinajstić information content (AvgIpc) is 2.94. The Kier molecular flexibility index (Phi) is 6.49. The highest BCUT2D eigenvalue weighted by Gasteiger charge is 2.46. The molecule has 5 rings (SSSR count). The summed E-state index contributed by atoms with van der Waals surface area (Å²) in [4.78, 5) is 91.3. The van der Waals surface area contributed by atoms with Crippen LogP contribution in [0.4, 0.5) is 0 Å². The van der Waals surface area contributed by atoms with Crippen LogP contribution in [0.3, 0.4) is 0 Å². The lowest BCUT2D eigenvalue weighted by molar-refractivity contribution is -0.150. The van der Waals surface area contributed by atoms with Gasteiger partial charge < -0.3 is 20.1 Å². The lowest BCUT2D eigenvalue weighted by atomic mass is 9.84. The number of carboxylic acid groups (broad SMARTS) is 2. The lowest BCUT2D eigenvalue weighted by Crippen LogP contribution is -2.53. The Bertz CT molecular complexity index is 1640. The predicted octanol–water partition coefficient (Wildman–Crippen LogP) is 1.45. The van der Waals surface area contributed by atoms with Crippen LogP contribution in [0, 0.1) is 0 Å². The van der Waals surface area contributed by atoms with Gasteiger partial charge in [-0.2, -0.15) is 0 Å². The number of carbonyl (C=O) groups excluding carboxylic acids is 5. The number of benzene rings is 3. The molecule has 3 N–H and O–H groups in total. The van der Waals surface area contributed by atoms with Gasteiger partial charge >= 0.3 is 17.9 Å². The van der Waals surface area contributed by atoms with Gasteiger partial charge in [0.1, 0.15) is 17.8 Å². The summed E-state index contributed by atoms with van der Waals surface area (Å²) in [7, 11) is 0.977. The molecule has 3 aromatic rings. The molecule has 2 heterocycles. The summed E-state index contributed by atoms with van der Waals surface area (Å²) in [6.45, 7) is 0. The zero-order valence-corrected chi connectivity index (χ0v) is 21.2. The Morgan fingerprint density at radius 1 is 0.707 bits per heavy atom. The summed E-state index contributed by atoms with van der Waals surface area (Å²) in [5.74, 6) is -8.07. The van der Waals surface area contributed by atoms with Crippen molar-refractivity contribution in [2.24, 2.45) is 0 Å². The third kappa shape index (κ3) is 4.23. The van der Waals surface area contributed by atoms with Gasteiger partial charge in [0.25, 0.3) is 23.6 Å². The van der Waals surface area contributed by atoms with Crippen LogP contribution in [0.2, 0.25) is 0 Å². The number of hydrogen-bond donors (Lipinski definition) is 3. The molecule has 2 aliphatic rings. The molecular formula is C28H20N2O11. The minimum atomic E-state index is -1.78. The normalized spacial score (nSPS) is 15.6. The largest absolute Gasteiger partial charge is 0.508 e. The number of hydrogen-bond acceptors (Lipinski definition) is 9. The van der Waals surface area contributed by atoms with Crippen LogP contribution in [0.1, 0.15) is 53.4 Å². The second kappa shape index (κ2) is 9.86. The third-order valence-corrected chi connectivity index (χ3v) is 7.07. The number of carbonyl (C=O) groups is 7. The molecule has 0 unspecified atom stereocenters. The highest BCUT2D eigenvalue weighted by atomic mass is 16.5. The molecule has 208 valence electrons. The summed E-state index contributed by atoms with van der Waals surface area (Å²) in [6.07, 6.45) is -1.17. The number of aromatic hydroxyl groups is 1. The standard InChI is InChI=1S/C28H20N2O11/c1-41-28(40)19(11-20(32)33)30-25(36)16-8-6-14-21-15(7-9-17(22(16)21)26(30)37)24(35)29(23(14)34)18(27(38)39)10-12-2-4-13(31)5-3-12/h2-9,18-19,31H,10-11H2,1H3,(H,32,33)(H,38,39)/t18-,19-/m0/s1. The van der Waals surface area contributed by atoms with Crippen molar-refractivity contribution in [2.75, 3.05) is 7.11 Å². The van der Waals surface area contributed by atoms with E-state index in [1.165, 1.54) is 48.5 Å². The molecule has 0 saturated carbocycles. The van der Waals surface area contributed by atoms with Crippen LogP contribution >= 0.6 is 0 Å². The molecule has 0 fully saturated rings. The number of phenols is 1. The second-order valence-corrected chi connectivity index (χ2v) is 9.39. The fraction of sp³-hybridized carbons (Fsp3) is 0.179. The molecule has 2 aliphatic heterocycles. The fourth-order valence-corrected chi connectivity index (χ4v) is 5.20. The van der Waals surface area contributed by atoms with E-state index in [1.807, 2.05) is 0 Å². The molecule has 4 amide bonds. The van der Waals surface area contributed by atoms with Gasteiger partial charge in [-0.05, 0) is 42.0 Å². The molecular weight excluding hydrogens is 540 g/mol. The Labute approximate surface area is 230 Å². The van der Waals surface area contributed by atoms with Crippen molar-refractivity contribution in [3.8, 4) is 5.75 Å². The molecule has 2 atom stereocenters. The molecule has 0 aromatic heterocycles. The number of imide groups is 2. The van der Waals surface area contributed by atoms with E-state index in [-0.39, 0.29) is 45.2 Å². The maximum absolute atomic E-state index is 13.6. The first-order chi connectivity index (χ1) is 19.5.